The van der Waals surface area contributed by atoms with Gasteiger partial charge in [-0.05, 0) is 48.4 Å². The van der Waals surface area contributed by atoms with Crippen LogP contribution in [0.5, 0.6) is 17.2 Å². The zero-order valence-corrected chi connectivity index (χ0v) is 18.3. The number of aliphatic imine (C=N–C) groups is 2. The summed E-state index contributed by atoms with van der Waals surface area (Å²) in [5.74, 6) is 0.124. The molecule has 0 aromatic heterocycles. The number of phenols is 1. The molecule has 172 valence electrons. The van der Waals surface area contributed by atoms with Crippen molar-refractivity contribution in [2.45, 2.75) is 18.5 Å². The minimum Gasteiger partial charge on any atom is -0.504 e. The summed E-state index contributed by atoms with van der Waals surface area (Å²) < 4.78 is 19.8. The lowest BCUT2D eigenvalue weighted by Crippen LogP contribution is -2.47. The zero-order valence-electron chi connectivity index (χ0n) is 18.3. The lowest BCUT2D eigenvalue weighted by Gasteiger charge is -2.38. The molecule has 1 saturated heterocycles. The molecule has 1 amide bonds. The van der Waals surface area contributed by atoms with E-state index in [1.807, 2.05) is 11.0 Å². The van der Waals surface area contributed by atoms with E-state index in [-0.39, 0.29) is 41.9 Å². The van der Waals surface area contributed by atoms with Crippen molar-refractivity contribution in [1.29, 1.82) is 0 Å². The zero-order chi connectivity index (χ0) is 23.5. The fourth-order valence-corrected chi connectivity index (χ4v) is 4.35. The lowest BCUT2D eigenvalue weighted by molar-refractivity contribution is -0.117. The van der Waals surface area contributed by atoms with Crippen LogP contribution in [0, 0.1) is 5.82 Å². The van der Waals surface area contributed by atoms with E-state index in [4.69, 9.17) is 4.74 Å². The lowest BCUT2D eigenvalue weighted by atomic mass is 9.90. The summed E-state index contributed by atoms with van der Waals surface area (Å²) in [6.07, 6.45) is 2.28. The van der Waals surface area contributed by atoms with E-state index >= 15 is 0 Å². The van der Waals surface area contributed by atoms with Crippen LogP contribution in [0.4, 0.5) is 10.1 Å². The van der Waals surface area contributed by atoms with Crippen LogP contribution in [0.1, 0.15) is 18.0 Å². The van der Waals surface area contributed by atoms with Gasteiger partial charge < -0.3 is 15.2 Å². The molecule has 0 bridgehead atoms. The Morgan fingerprint density at radius 1 is 1.09 bits per heavy atom. The maximum Gasteiger partial charge on any atom is 0.238 e. The molecule has 7 nitrogen and oxygen atoms in total. The number of fused-ring (bicyclic) bond motifs is 1. The van der Waals surface area contributed by atoms with Gasteiger partial charge in [-0.1, -0.05) is 36.4 Å². The third kappa shape index (κ3) is 4.53. The van der Waals surface area contributed by atoms with Gasteiger partial charge in [0.2, 0.25) is 5.91 Å². The quantitative estimate of drug-likeness (QED) is 0.567. The minimum absolute atomic E-state index is 0.00370. The molecule has 8 heteroatoms. The second-order valence-electron chi connectivity index (χ2n) is 8.17. The first-order chi connectivity index (χ1) is 16.6. The number of anilines is 1. The average Bonchev–Trinajstić information content (AvgIpc) is 3.30. The van der Waals surface area contributed by atoms with Crippen LogP contribution < -0.4 is 10.1 Å². The summed E-state index contributed by atoms with van der Waals surface area (Å²) in [7, 11) is 0. The van der Waals surface area contributed by atoms with E-state index in [0.29, 0.717) is 18.0 Å². The predicted molar refractivity (Wildman–Crippen MR) is 128 cm³/mol. The van der Waals surface area contributed by atoms with Gasteiger partial charge in [0.15, 0.2) is 17.2 Å². The summed E-state index contributed by atoms with van der Waals surface area (Å²) in [5.41, 5.74) is 2.05. The number of piperidine rings is 1. The highest BCUT2D eigenvalue weighted by atomic mass is 19.1. The Bertz CT molecular complexity index is 1280. The Morgan fingerprint density at radius 3 is 2.71 bits per heavy atom. The maximum atomic E-state index is 14.0. The van der Waals surface area contributed by atoms with Crippen LogP contribution in [0.3, 0.4) is 0 Å². The van der Waals surface area contributed by atoms with Crippen molar-refractivity contribution in [1.82, 2.24) is 4.90 Å². The molecule has 3 aromatic rings. The highest BCUT2D eigenvalue weighted by Crippen LogP contribution is 2.35. The molecule has 2 atom stereocenters. The number of para-hydroxylation sites is 4. The monoisotopic (exact) mass is 458 g/mol. The van der Waals surface area contributed by atoms with Gasteiger partial charge >= 0.3 is 0 Å². The highest BCUT2D eigenvalue weighted by Gasteiger charge is 2.37. The van der Waals surface area contributed by atoms with Crippen molar-refractivity contribution in [3.05, 3.63) is 84.2 Å². The van der Waals surface area contributed by atoms with E-state index < -0.39 is 0 Å². The number of ether oxygens (including phenoxy) is 1. The second kappa shape index (κ2) is 9.44. The summed E-state index contributed by atoms with van der Waals surface area (Å²) >= 11 is 0. The molecule has 2 aliphatic heterocycles. The number of halogens is 1. The van der Waals surface area contributed by atoms with E-state index in [1.54, 1.807) is 54.9 Å². The van der Waals surface area contributed by atoms with Crippen molar-refractivity contribution < 1.29 is 19.0 Å². The number of hydrogen-bond donors (Lipinski definition) is 2. The van der Waals surface area contributed by atoms with Crippen LogP contribution >= 0.6 is 0 Å². The fourth-order valence-electron chi connectivity index (χ4n) is 4.35. The number of carbonyl (C=O) groups is 1. The van der Waals surface area contributed by atoms with E-state index in [1.165, 1.54) is 18.2 Å². The summed E-state index contributed by atoms with van der Waals surface area (Å²) in [4.78, 5) is 23.9. The average molecular weight is 458 g/mol. The largest absolute Gasteiger partial charge is 0.504 e. The van der Waals surface area contributed by atoms with E-state index in [0.717, 1.165) is 17.7 Å². The van der Waals surface area contributed by atoms with Crippen LogP contribution in [-0.2, 0) is 4.79 Å². The minimum atomic E-state index is -0.338. The number of benzene rings is 3. The van der Waals surface area contributed by atoms with Crippen LogP contribution in [0.15, 0.2) is 82.8 Å². The molecule has 0 radical (unpaired) electrons. The molecular weight excluding hydrogens is 435 g/mol. The van der Waals surface area contributed by atoms with E-state index in [2.05, 4.69) is 15.3 Å². The van der Waals surface area contributed by atoms with Crippen LogP contribution in [0.2, 0.25) is 0 Å². The van der Waals surface area contributed by atoms with Gasteiger partial charge in [-0.2, -0.15) is 0 Å². The second-order valence-corrected chi connectivity index (χ2v) is 8.17. The molecule has 34 heavy (non-hydrogen) atoms. The Labute approximate surface area is 196 Å². The first-order valence-corrected chi connectivity index (χ1v) is 11.0. The molecule has 2 heterocycles. The molecule has 0 spiro atoms. The molecule has 1 fully saturated rings. The molecule has 0 saturated carbocycles. The molecule has 5 rings (SSSR count). The SMILES string of the molecule is O=C(CN1CCC2N=CN=C2C1c1cccc(F)c1)Nc1ccccc1Oc1ccccc1O. The Morgan fingerprint density at radius 2 is 1.88 bits per heavy atom. The van der Waals surface area contributed by atoms with Gasteiger partial charge in [0, 0.05) is 6.54 Å². The number of nitrogens with zero attached hydrogens (tertiary/aromatic N) is 3. The van der Waals surface area contributed by atoms with E-state index in [9.17, 15) is 14.3 Å². The molecule has 3 aromatic carbocycles. The number of aromatic hydroxyl groups is 1. The predicted octanol–water partition coefficient (Wildman–Crippen LogP) is 4.56. The number of nitrogens with one attached hydrogen (secondary N) is 1. The van der Waals surface area contributed by atoms with Gasteiger partial charge in [-0.3, -0.25) is 14.7 Å². The van der Waals surface area contributed by atoms with Gasteiger partial charge in [0.25, 0.3) is 0 Å². The third-order valence-electron chi connectivity index (χ3n) is 5.89. The standard InChI is InChI=1S/C26H23FN4O3/c27-18-7-5-6-17(14-18)26-25-20(28-16-29-25)12-13-31(26)15-24(33)30-19-8-1-3-10-22(19)34-23-11-4-2-9-21(23)32/h1-11,14,16,20,26,32H,12-13,15H2,(H,30,33). The number of rotatable bonds is 6. The first-order valence-electron chi connectivity index (χ1n) is 11.0. The number of hydrogen-bond acceptors (Lipinski definition) is 6. The fraction of sp³-hybridized carbons (Fsp3) is 0.192. The van der Waals surface area contributed by atoms with Crippen LogP contribution in [-0.4, -0.2) is 47.1 Å². The van der Waals surface area contributed by atoms with Crippen molar-refractivity contribution in [3.63, 3.8) is 0 Å². The number of amides is 1. The topological polar surface area (TPSA) is 86.5 Å². The number of carbonyl (C=O) groups excluding carboxylic acids is 1. The van der Waals surface area contributed by atoms with Gasteiger partial charge in [0.05, 0.1) is 30.0 Å². The normalized spacial score (nSPS) is 19.4. The number of likely N-dealkylation sites (tertiary alicyclic amines) is 1. The highest BCUT2D eigenvalue weighted by molar-refractivity contribution is 6.04. The van der Waals surface area contributed by atoms with Crippen molar-refractivity contribution in [2.75, 3.05) is 18.4 Å². The van der Waals surface area contributed by atoms with Crippen molar-refractivity contribution >= 4 is 23.6 Å². The first kappa shape index (κ1) is 21.8. The Balaban J connectivity index is 1.35. The Hall–Kier alpha value is -4.04. The smallest absolute Gasteiger partial charge is 0.238 e. The third-order valence-corrected chi connectivity index (χ3v) is 5.89. The molecule has 2 aliphatic rings. The number of phenolic OH excluding ortho intramolecular Hbond substituents is 1. The summed E-state index contributed by atoms with van der Waals surface area (Å²) in [5, 5.41) is 12.9. The summed E-state index contributed by atoms with van der Waals surface area (Å²) in [6.45, 7) is 0.698. The van der Waals surface area contributed by atoms with Crippen molar-refractivity contribution in [3.8, 4) is 17.2 Å². The van der Waals surface area contributed by atoms with Crippen molar-refractivity contribution in [2.24, 2.45) is 9.98 Å². The molecular formula is C26H23FN4O3. The molecule has 2 unspecified atom stereocenters. The maximum absolute atomic E-state index is 14.0. The van der Waals surface area contributed by atoms with Gasteiger partial charge in [0.1, 0.15) is 12.2 Å². The van der Waals surface area contributed by atoms with Gasteiger partial charge in [-0.15, -0.1) is 0 Å². The van der Waals surface area contributed by atoms with Gasteiger partial charge in [-0.25, -0.2) is 9.38 Å². The Kier molecular flexibility index (Phi) is 6.05. The summed E-state index contributed by atoms with van der Waals surface area (Å²) in [6, 6.07) is 19.7. The molecule has 0 aliphatic carbocycles. The molecule has 2 N–H and O–H groups in total. The van der Waals surface area contributed by atoms with Crippen LogP contribution in [0.25, 0.3) is 0 Å².